The molecule has 6 nitrogen and oxygen atoms in total. The van der Waals surface area contributed by atoms with Crippen molar-refractivity contribution in [1.29, 1.82) is 0 Å². The molecule has 0 saturated carbocycles. The van der Waals surface area contributed by atoms with E-state index >= 15 is 0 Å². The molecule has 0 aromatic carbocycles. The molecule has 19 heavy (non-hydrogen) atoms. The smallest absolute Gasteiger partial charge is 0.314 e. The van der Waals surface area contributed by atoms with Crippen LogP contribution in [0.15, 0.2) is 0 Å². The Hall–Kier alpha value is -1.30. The zero-order valence-electron chi connectivity index (χ0n) is 11.7. The summed E-state index contributed by atoms with van der Waals surface area (Å²) in [6.45, 7) is 5.69. The zero-order chi connectivity index (χ0) is 14.3. The minimum absolute atomic E-state index is 0.137. The van der Waals surface area contributed by atoms with Crippen molar-refractivity contribution >= 4 is 12.0 Å². The fourth-order valence-corrected chi connectivity index (χ4v) is 1.88. The predicted octanol–water partition coefficient (Wildman–Crippen LogP) is 1.21. The second-order valence-corrected chi connectivity index (χ2v) is 5.34. The van der Waals surface area contributed by atoms with Crippen LogP contribution in [0.3, 0.4) is 0 Å². The number of carbonyl (C=O) groups is 2. The Morgan fingerprint density at radius 3 is 2.47 bits per heavy atom. The van der Waals surface area contributed by atoms with Gasteiger partial charge in [-0.25, -0.2) is 4.79 Å². The highest BCUT2D eigenvalue weighted by atomic mass is 16.5. The van der Waals surface area contributed by atoms with Crippen LogP contribution in [0.4, 0.5) is 4.79 Å². The molecule has 110 valence electrons. The van der Waals surface area contributed by atoms with Crippen LogP contribution in [-0.2, 0) is 9.53 Å². The molecule has 1 aliphatic heterocycles. The summed E-state index contributed by atoms with van der Waals surface area (Å²) in [6.07, 6.45) is 2.40. The lowest BCUT2D eigenvalue weighted by Crippen LogP contribution is -2.45. The number of ether oxygens (including phenoxy) is 1. The lowest BCUT2D eigenvalue weighted by molar-refractivity contribution is -0.147. The van der Waals surface area contributed by atoms with Gasteiger partial charge in [-0.05, 0) is 32.1 Å². The summed E-state index contributed by atoms with van der Waals surface area (Å²) in [4.78, 5) is 22.7. The number of carboxylic acids is 1. The minimum Gasteiger partial charge on any atom is -0.481 e. The van der Waals surface area contributed by atoms with Crippen molar-refractivity contribution in [2.75, 3.05) is 26.3 Å². The number of hydrogen-bond acceptors (Lipinski definition) is 3. The Morgan fingerprint density at radius 2 is 1.95 bits per heavy atom. The number of rotatable bonds is 6. The normalized spacial score (nSPS) is 19.5. The van der Waals surface area contributed by atoms with E-state index in [1.54, 1.807) is 13.8 Å². The number of urea groups is 1. The maximum Gasteiger partial charge on any atom is 0.314 e. The van der Waals surface area contributed by atoms with Gasteiger partial charge in [0.05, 0.1) is 5.41 Å². The van der Waals surface area contributed by atoms with Crippen molar-refractivity contribution in [3.05, 3.63) is 0 Å². The minimum atomic E-state index is -0.907. The first kappa shape index (κ1) is 15.8. The van der Waals surface area contributed by atoms with E-state index in [1.165, 1.54) is 0 Å². The maximum atomic E-state index is 11.6. The topological polar surface area (TPSA) is 87.7 Å². The molecule has 1 fully saturated rings. The fourth-order valence-electron chi connectivity index (χ4n) is 1.88. The zero-order valence-corrected chi connectivity index (χ0v) is 11.7. The van der Waals surface area contributed by atoms with E-state index in [1.807, 2.05) is 0 Å². The third-order valence-corrected chi connectivity index (χ3v) is 3.83. The summed E-state index contributed by atoms with van der Waals surface area (Å²) >= 11 is 0. The SMILES string of the molecule is CCC(C)(CNC(=O)NCC1CCOCC1)C(=O)O. The van der Waals surface area contributed by atoms with Crippen LogP contribution in [0.2, 0.25) is 0 Å². The number of carboxylic acid groups (broad SMARTS) is 1. The van der Waals surface area contributed by atoms with Crippen molar-refractivity contribution in [2.45, 2.75) is 33.1 Å². The Kier molecular flexibility index (Phi) is 6.08. The van der Waals surface area contributed by atoms with E-state index in [4.69, 9.17) is 9.84 Å². The van der Waals surface area contributed by atoms with Gasteiger partial charge < -0.3 is 20.5 Å². The summed E-state index contributed by atoms with van der Waals surface area (Å²) in [5.41, 5.74) is -0.907. The summed E-state index contributed by atoms with van der Waals surface area (Å²) in [5.74, 6) is -0.434. The average molecular weight is 272 g/mol. The molecule has 0 radical (unpaired) electrons. The predicted molar refractivity (Wildman–Crippen MR) is 71.0 cm³/mol. The molecule has 1 aliphatic rings. The van der Waals surface area contributed by atoms with E-state index < -0.39 is 11.4 Å². The highest BCUT2D eigenvalue weighted by Gasteiger charge is 2.31. The molecule has 0 aliphatic carbocycles. The van der Waals surface area contributed by atoms with Gasteiger partial charge in [0.2, 0.25) is 0 Å². The lowest BCUT2D eigenvalue weighted by Gasteiger charge is -2.25. The standard InChI is InChI=1S/C13H24N2O4/c1-3-13(2,11(16)17)9-15-12(18)14-8-10-4-6-19-7-5-10/h10H,3-9H2,1-2H3,(H,16,17)(H2,14,15,18). The molecule has 0 aromatic rings. The lowest BCUT2D eigenvalue weighted by atomic mass is 9.88. The summed E-state index contributed by atoms with van der Waals surface area (Å²) in [5, 5.41) is 14.5. The van der Waals surface area contributed by atoms with Gasteiger partial charge >= 0.3 is 12.0 Å². The molecule has 0 spiro atoms. The molecule has 2 amide bonds. The molecule has 0 aromatic heterocycles. The molecule has 3 N–H and O–H groups in total. The first-order valence-corrected chi connectivity index (χ1v) is 6.81. The molecule has 6 heteroatoms. The maximum absolute atomic E-state index is 11.6. The molecule has 0 bridgehead atoms. The monoisotopic (exact) mass is 272 g/mol. The number of hydrogen-bond donors (Lipinski definition) is 3. The number of carbonyl (C=O) groups excluding carboxylic acids is 1. The van der Waals surface area contributed by atoms with Crippen LogP contribution in [0, 0.1) is 11.3 Å². The van der Waals surface area contributed by atoms with E-state index in [9.17, 15) is 9.59 Å². The quantitative estimate of drug-likeness (QED) is 0.678. The molecule has 1 atom stereocenters. The first-order chi connectivity index (χ1) is 8.98. The van der Waals surface area contributed by atoms with E-state index in [-0.39, 0.29) is 12.6 Å². The second kappa shape index (κ2) is 7.33. The van der Waals surface area contributed by atoms with Gasteiger partial charge in [0, 0.05) is 26.3 Å². The third-order valence-electron chi connectivity index (χ3n) is 3.83. The molecular formula is C13H24N2O4. The van der Waals surface area contributed by atoms with Gasteiger partial charge in [0.25, 0.3) is 0 Å². The Morgan fingerprint density at radius 1 is 1.32 bits per heavy atom. The molecule has 1 rings (SSSR count). The van der Waals surface area contributed by atoms with Gasteiger partial charge in [0.15, 0.2) is 0 Å². The van der Waals surface area contributed by atoms with Crippen LogP contribution in [-0.4, -0.2) is 43.4 Å². The first-order valence-electron chi connectivity index (χ1n) is 6.81. The van der Waals surface area contributed by atoms with Gasteiger partial charge in [-0.1, -0.05) is 6.92 Å². The molecule has 1 heterocycles. The van der Waals surface area contributed by atoms with Gasteiger partial charge in [-0.2, -0.15) is 0 Å². The summed E-state index contributed by atoms with van der Waals surface area (Å²) in [7, 11) is 0. The van der Waals surface area contributed by atoms with Gasteiger partial charge in [0.1, 0.15) is 0 Å². The second-order valence-electron chi connectivity index (χ2n) is 5.34. The molecule has 1 unspecified atom stereocenters. The van der Waals surface area contributed by atoms with Crippen LogP contribution < -0.4 is 10.6 Å². The molecular weight excluding hydrogens is 248 g/mol. The average Bonchev–Trinajstić information content (AvgIpc) is 2.43. The number of nitrogens with one attached hydrogen (secondary N) is 2. The van der Waals surface area contributed by atoms with Crippen LogP contribution in [0.1, 0.15) is 33.1 Å². The molecule has 1 saturated heterocycles. The highest BCUT2D eigenvalue weighted by Crippen LogP contribution is 2.19. The highest BCUT2D eigenvalue weighted by molar-refractivity contribution is 5.77. The van der Waals surface area contributed by atoms with Crippen LogP contribution in [0.25, 0.3) is 0 Å². The van der Waals surface area contributed by atoms with Crippen molar-refractivity contribution < 1.29 is 19.4 Å². The Labute approximate surface area is 113 Å². The Balaban J connectivity index is 2.25. The van der Waals surface area contributed by atoms with E-state index in [2.05, 4.69) is 10.6 Å². The van der Waals surface area contributed by atoms with Crippen LogP contribution >= 0.6 is 0 Å². The van der Waals surface area contributed by atoms with Gasteiger partial charge in [-0.3, -0.25) is 4.79 Å². The van der Waals surface area contributed by atoms with E-state index in [0.29, 0.717) is 18.9 Å². The summed E-state index contributed by atoms with van der Waals surface area (Å²) < 4.78 is 5.25. The Bertz CT molecular complexity index is 316. The van der Waals surface area contributed by atoms with Crippen molar-refractivity contribution in [2.24, 2.45) is 11.3 Å². The summed E-state index contributed by atoms with van der Waals surface area (Å²) in [6, 6.07) is -0.299. The fraction of sp³-hybridized carbons (Fsp3) is 0.846. The largest absolute Gasteiger partial charge is 0.481 e. The van der Waals surface area contributed by atoms with E-state index in [0.717, 1.165) is 26.1 Å². The van der Waals surface area contributed by atoms with Crippen molar-refractivity contribution in [3.63, 3.8) is 0 Å². The third kappa shape index (κ3) is 5.06. The van der Waals surface area contributed by atoms with Crippen molar-refractivity contribution in [1.82, 2.24) is 10.6 Å². The number of aliphatic carboxylic acids is 1. The van der Waals surface area contributed by atoms with Crippen LogP contribution in [0.5, 0.6) is 0 Å². The van der Waals surface area contributed by atoms with Gasteiger partial charge in [-0.15, -0.1) is 0 Å². The number of amides is 2. The van der Waals surface area contributed by atoms with Crippen molar-refractivity contribution in [3.8, 4) is 0 Å².